The first-order valence-electron chi connectivity index (χ1n) is 5.37. The molecule has 0 atom stereocenters. The van der Waals surface area contributed by atoms with E-state index in [2.05, 4.69) is 20.6 Å². The first-order valence-corrected chi connectivity index (χ1v) is 5.37. The van der Waals surface area contributed by atoms with Crippen LogP contribution in [0.25, 0.3) is 0 Å². The average Bonchev–Trinajstić information content (AvgIpc) is 2.33. The Morgan fingerprint density at radius 1 is 1.18 bits per heavy atom. The number of nitrogens with one attached hydrogen (secondary N) is 2. The van der Waals surface area contributed by atoms with Crippen LogP contribution < -0.4 is 10.6 Å². The minimum absolute atomic E-state index is 0.317. The summed E-state index contributed by atoms with van der Waals surface area (Å²) in [6, 6.07) is 6.44. The van der Waals surface area contributed by atoms with E-state index in [9.17, 15) is 4.39 Å². The third-order valence-electron chi connectivity index (χ3n) is 2.13. The highest BCUT2D eigenvalue weighted by Crippen LogP contribution is 2.18. The maximum atomic E-state index is 13.4. The summed E-state index contributed by atoms with van der Waals surface area (Å²) in [4.78, 5) is 8.27. The van der Waals surface area contributed by atoms with Gasteiger partial charge in [-0.05, 0) is 19.1 Å². The molecule has 0 aliphatic heterocycles. The number of benzene rings is 1. The van der Waals surface area contributed by atoms with E-state index in [0.717, 1.165) is 6.54 Å². The van der Waals surface area contributed by atoms with Gasteiger partial charge in [0.2, 0.25) is 0 Å². The van der Waals surface area contributed by atoms with Gasteiger partial charge in [0.1, 0.15) is 11.6 Å². The summed E-state index contributed by atoms with van der Waals surface area (Å²) in [5.41, 5.74) is 0.385. The lowest BCUT2D eigenvalue weighted by Crippen LogP contribution is -2.03. The first kappa shape index (κ1) is 11.3. The highest BCUT2D eigenvalue weighted by molar-refractivity contribution is 5.57. The standard InChI is InChI=1S/C12H13FN4/c1-2-15-11-7-14-8-12(17-11)16-10-6-4-3-5-9(10)13/h3-8H,2H2,1H3,(H2,15,16,17). The van der Waals surface area contributed by atoms with Crippen LogP contribution in [-0.4, -0.2) is 16.5 Å². The molecular formula is C12H13FN4. The molecule has 0 bridgehead atoms. The fourth-order valence-corrected chi connectivity index (χ4v) is 1.39. The van der Waals surface area contributed by atoms with Crippen molar-refractivity contribution in [1.29, 1.82) is 0 Å². The van der Waals surface area contributed by atoms with Crippen LogP contribution in [0.4, 0.5) is 21.7 Å². The molecule has 0 saturated heterocycles. The molecule has 1 aromatic heterocycles. The molecule has 1 aromatic carbocycles. The summed E-state index contributed by atoms with van der Waals surface area (Å²) < 4.78 is 13.4. The highest BCUT2D eigenvalue weighted by Gasteiger charge is 2.02. The Hall–Kier alpha value is -2.17. The van der Waals surface area contributed by atoms with Crippen LogP contribution in [0, 0.1) is 5.82 Å². The van der Waals surface area contributed by atoms with E-state index >= 15 is 0 Å². The van der Waals surface area contributed by atoms with Crippen LogP contribution in [0.15, 0.2) is 36.7 Å². The third kappa shape index (κ3) is 2.90. The van der Waals surface area contributed by atoms with Crippen molar-refractivity contribution in [3.05, 3.63) is 42.5 Å². The van der Waals surface area contributed by atoms with Crippen molar-refractivity contribution in [3.63, 3.8) is 0 Å². The molecule has 2 rings (SSSR count). The van der Waals surface area contributed by atoms with Gasteiger partial charge < -0.3 is 10.6 Å². The zero-order chi connectivity index (χ0) is 12.1. The topological polar surface area (TPSA) is 49.8 Å². The number of hydrogen-bond acceptors (Lipinski definition) is 4. The van der Waals surface area contributed by atoms with Crippen molar-refractivity contribution >= 4 is 17.3 Å². The van der Waals surface area contributed by atoms with Gasteiger partial charge in [-0.2, -0.15) is 0 Å². The van der Waals surface area contributed by atoms with Gasteiger partial charge in [-0.25, -0.2) is 9.37 Å². The molecule has 17 heavy (non-hydrogen) atoms. The molecule has 0 saturated carbocycles. The summed E-state index contributed by atoms with van der Waals surface area (Å²) in [6.45, 7) is 2.73. The van der Waals surface area contributed by atoms with Crippen molar-refractivity contribution in [2.24, 2.45) is 0 Å². The molecule has 5 heteroatoms. The van der Waals surface area contributed by atoms with Crippen LogP contribution >= 0.6 is 0 Å². The van der Waals surface area contributed by atoms with Crippen LogP contribution in [-0.2, 0) is 0 Å². The summed E-state index contributed by atoms with van der Waals surface area (Å²) in [5.74, 6) is 0.852. The molecule has 0 radical (unpaired) electrons. The van der Waals surface area contributed by atoms with E-state index in [4.69, 9.17) is 0 Å². The molecule has 0 amide bonds. The monoisotopic (exact) mass is 232 g/mol. The van der Waals surface area contributed by atoms with Crippen molar-refractivity contribution in [2.45, 2.75) is 6.92 Å². The Bertz CT molecular complexity index is 501. The Labute approximate surface area is 98.9 Å². The highest BCUT2D eigenvalue weighted by atomic mass is 19.1. The largest absolute Gasteiger partial charge is 0.369 e. The van der Waals surface area contributed by atoms with Crippen molar-refractivity contribution in [1.82, 2.24) is 9.97 Å². The normalized spacial score (nSPS) is 10.0. The lowest BCUT2D eigenvalue weighted by atomic mass is 10.3. The molecule has 2 N–H and O–H groups in total. The van der Waals surface area contributed by atoms with Gasteiger partial charge in [0.15, 0.2) is 5.82 Å². The second-order valence-corrected chi connectivity index (χ2v) is 3.42. The Morgan fingerprint density at radius 3 is 2.71 bits per heavy atom. The number of para-hydroxylation sites is 1. The molecule has 0 fully saturated rings. The van der Waals surface area contributed by atoms with Gasteiger partial charge in [-0.3, -0.25) is 4.98 Å². The number of anilines is 3. The minimum atomic E-state index is -0.317. The van der Waals surface area contributed by atoms with E-state index in [1.165, 1.54) is 6.07 Å². The van der Waals surface area contributed by atoms with Crippen molar-refractivity contribution < 1.29 is 4.39 Å². The van der Waals surface area contributed by atoms with Gasteiger partial charge in [-0.15, -0.1) is 0 Å². The summed E-state index contributed by atoms with van der Waals surface area (Å²) >= 11 is 0. The summed E-state index contributed by atoms with van der Waals surface area (Å²) in [7, 11) is 0. The molecule has 88 valence electrons. The van der Waals surface area contributed by atoms with Crippen molar-refractivity contribution in [3.8, 4) is 0 Å². The number of hydrogen-bond donors (Lipinski definition) is 2. The van der Waals surface area contributed by atoms with E-state index in [1.807, 2.05) is 6.92 Å². The fourth-order valence-electron chi connectivity index (χ4n) is 1.39. The smallest absolute Gasteiger partial charge is 0.151 e. The average molecular weight is 232 g/mol. The lowest BCUT2D eigenvalue weighted by Gasteiger charge is -2.07. The number of nitrogens with zero attached hydrogens (tertiary/aromatic N) is 2. The van der Waals surface area contributed by atoms with Gasteiger partial charge in [-0.1, -0.05) is 12.1 Å². The summed E-state index contributed by atoms with van der Waals surface area (Å²) in [5, 5.41) is 5.92. The molecule has 0 spiro atoms. The Morgan fingerprint density at radius 2 is 1.94 bits per heavy atom. The quantitative estimate of drug-likeness (QED) is 0.851. The van der Waals surface area contributed by atoms with Gasteiger partial charge >= 0.3 is 0 Å². The second-order valence-electron chi connectivity index (χ2n) is 3.42. The Balaban J connectivity index is 2.18. The van der Waals surface area contributed by atoms with Crippen LogP contribution in [0.3, 0.4) is 0 Å². The predicted molar refractivity (Wildman–Crippen MR) is 65.9 cm³/mol. The van der Waals surface area contributed by atoms with E-state index < -0.39 is 0 Å². The van der Waals surface area contributed by atoms with E-state index in [1.54, 1.807) is 30.6 Å². The first-order chi connectivity index (χ1) is 8.29. The molecule has 0 unspecified atom stereocenters. The number of aromatic nitrogens is 2. The number of rotatable bonds is 4. The van der Waals surface area contributed by atoms with Gasteiger partial charge in [0, 0.05) is 6.54 Å². The molecule has 4 nitrogen and oxygen atoms in total. The van der Waals surface area contributed by atoms with Crippen LogP contribution in [0.1, 0.15) is 6.92 Å². The minimum Gasteiger partial charge on any atom is -0.369 e. The van der Waals surface area contributed by atoms with Crippen LogP contribution in [0.2, 0.25) is 0 Å². The number of halogens is 1. The second kappa shape index (κ2) is 5.25. The third-order valence-corrected chi connectivity index (χ3v) is 2.13. The SMILES string of the molecule is CCNc1cncc(Nc2ccccc2F)n1. The molecule has 0 aliphatic rings. The van der Waals surface area contributed by atoms with Gasteiger partial charge in [0.05, 0.1) is 18.1 Å². The van der Waals surface area contributed by atoms with E-state index in [0.29, 0.717) is 17.3 Å². The Kier molecular flexibility index (Phi) is 3.49. The molecule has 1 heterocycles. The van der Waals surface area contributed by atoms with Crippen LogP contribution in [0.5, 0.6) is 0 Å². The van der Waals surface area contributed by atoms with Gasteiger partial charge in [0.25, 0.3) is 0 Å². The fraction of sp³-hybridized carbons (Fsp3) is 0.167. The molecular weight excluding hydrogens is 219 g/mol. The summed E-state index contributed by atoms with van der Waals surface area (Å²) in [6.07, 6.45) is 3.17. The zero-order valence-corrected chi connectivity index (χ0v) is 9.44. The van der Waals surface area contributed by atoms with Crippen molar-refractivity contribution in [2.75, 3.05) is 17.2 Å². The maximum absolute atomic E-state index is 13.4. The lowest BCUT2D eigenvalue weighted by molar-refractivity contribution is 0.632. The maximum Gasteiger partial charge on any atom is 0.151 e. The molecule has 0 aliphatic carbocycles. The van der Waals surface area contributed by atoms with E-state index in [-0.39, 0.29) is 5.82 Å². The molecule has 2 aromatic rings. The predicted octanol–water partition coefficient (Wildman–Crippen LogP) is 2.79. The zero-order valence-electron chi connectivity index (χ0n) is 9.44.